The lowest BCUT2D eigenvalue weighted by atomic mass is 10.1. The quantitative estimate of drug-likeness (QED) is 0.705. The van der Waals surface area contributed by atoms with E-state index >= 15 is 0 Å². The van der Waals surface area contributed by atoms with E-state index in [-0.39, 0.29) is 0 Å². The van der Waals surface area contributed by atoms with Gasteiger partial charge < -0.3 is 10.5 Å². The Balaban J connectivity index is 3.23. The van der Waals surface area contributed by atoms with Crippen LogP contribution in [0, 0.1) is 0 Å². The summed E-state index contributed by atoms with van der Waals surface area (Å²) in [4.78, 5) is 0. The zero-order chi connectivity index (χ0) is 9.84. The van der Waals surface area contributed by atoms with E-state index < -0.39 is 0 Å². The smallest absolute Gasteiger partial charge is 0.128 e. The second-order valence-electron chi connectivity index (χ2n) is 3.18. The fraction of sp³-hybridized carbons (Fsp3) is 0.273. The van der Waals surface area contributed by atoms with E-state index in [0.29, 0.717) is 0 Å². The molecule has 0 amide bonds. The molecule has 0 saturated carbocycles. The molecular formula is C11H15NO. The predicted molar refractivity (Wildman–Crippen MR) is 56.7 cm³/mol. The van der Waals surface area contributed by atoms with E-state index in [1.165, 1.54) is 5.57 Å². The number of allylic oxidation sites excluding steroid dienone is 1. The Labute approximate surface area is 79.0 Å². The van der Waals surface area contributed by atoms with Crippen molar-refractivity contribution in [2.75, 3.05) is 12.8 Å². The Hall–Kier alpha value is -1.44. The van der Waals surface area contributed by atoms with Crippen molar-refractivity contribution in [3.63, 3.8) is 0 Å². The van der Waals surface area contributed by atoms with Crippen molar-refractivity contribution in [1.82, 2.24) is 0 Å². The monoisotopic (exact) mass is 177 g/mol. The van der Waals surface area contributed by atoms with E-state index in [1.807, 2.05) is 38.1 Å². The lowest BCUT2D eigenvalue weighted by Crippen LogP contribution is -1.93. The zero-order valence-electron chi connectivity index (χ0n) is 8.29. The van der Waals surface area contributed by atoms with Crippen LogP contribution in [0.25, 0.3) is 6.08 Å². The standard InChI is InChI=1S/C11H15NO/c1-8(2)7-9-10(12)5-4-6-11(9)13-3/h4-7H,12H2,1-3H3. The molecule has 0 spiro atoms. The van der Waals surface area contributed by atoms with Gasteiger partial charge in [-0.1, -0.05) is 17.7 Å². The number of hydrogen-bond donors (Lipinski definition) is 1. The first-order valence-electron chi connectivity index (χ1n) is 4.22. The number of nitrogens with two attached hydrogens (primary N) is 1. The number of benzene rings is 1. The second-order valence-corrected chi connectivity index (χ2v) is 3.18. The molecule has 1 rings (SSSR count). The van der Waals surface area contributed by atoms with E-state index in [9.17, 15) is 0 Å². The Morgan fingerprint density at radius 2 is 2.08 bits per heavy atom. The molecule has 2 N–H and O–H groups in total. The molecule has 0 fully saturated rings. The lowest BCUT2D eigenvalue weighted by molar-refractivity contribution is 0.414. The first kappa shape index (κ1) is 9.65. The lowest BCUT2D eigenvalue weighted by Gasteiger charge is -2.07. The van der Waals surface area contributed by atoms with Gasteiger partial charge in [0.2, 0.25) is 0 Å². The Bertz CT molecular complexity index is 325. The Kier molecular flexibility index (Phi) is 2.96. The highest BCUT2D eigenvalue weighted by molar-refractivity contribution is 5.71. The molecule has 13 heavy (non-hydrogen) atoms. The molecule has 0 heterocycles. The van der Waals surface area contributed by atoms with Gasteiger partial charge in [0.05, 0.1) is 7.11 Å². The van der Waals surface area contributed by atoms with Gasteiger partial charge in [-0.05, 0) is 26.0 Å². The number of hydrogen-bond acceptors (Lipinski definition) is 2. The number of rotatable bonds is 2. The van der Waals surface area contributed by atoms with Crippen LogP contribution in [0.5, 0.6) is 5.75 Å². The van der Waals surface area contributed by atoms with Gasteiger partial charge >= 0.3 is 0 Å². The third kappa shape index (κ3) is 2.25. The highest BCUT2D eigenvalue weighted by Crippen LogP contribution is 2.26. The summed E-state index contributed by atoms with van der Waals surface area (Å²) < 4.78 is 5.20. The topological polar surface area (TPSA) is 35.2 Å². The molecule has 0 bridgehead atoms. The molecule has 2 heteroatoms. The van der Waals surface area contributed by atoms with Crippen molar-refractivity contribution in [3.8, 4) is 5.75 Å². The summed E-state index contributed by atoms with van der Waals surface area (Å²) in [5, 5.41) is 0. The maximum atomic E-state index is 5.82. The molecule has 0 aliphatic heterocycles. The van der Waals surface area contributed by atoms with Crippen LogP contribution < -0.4 is 10.5 Å². The fourth-order valence-corrected chi connectivity index (χ4v) is 1.18. The van der Waals surface area contributed by atoms with Gasteiger partial charge in [-0.15, -0.1) is 0 Å². The first-order chi connectivity index (χ1) is 6.15. The number of nitrogen functional groups attached to an aromatic ring is 1. The van der Waals surface area contributed by atoms with E-state index in [1.54, 1.807) is 7.11 Å². The van der Waals surface area contributed by atoms with Crippen LogP contribution in [0.15, 0.2) is 23.8 Å². The fourth-order valence-electron chi connectivity index (χ4n) is 1.18. The van der Waals surface area contributed by atoms with Crippen LogP contribution in [-0.4, -0.2) is 7.11 Å². The normalized spacial score (nSPS) is 9.46. The van der Waals surface area contributed by atoms with Crippen molar-refractivity contribution in [1.29, 1.82) is 0 Å². The van der Waals surface area contributed by atoms with Gasteiger partial charge in [-0.25, -0.2) is 0 Å². The summed E-state index contributed by atoms with van der Waals surface area (Å²) in [6.45, 7) is 4.07. The van der Waals surface area contributed by atoms with Crippen LogP contribution in [-0.2, 0) is 0 Å². The van der Waals surface area contributed by atoms with Gasteiger partial charge in [-0.3, -0.25) is 0 Å². The first-order valence-corrected chi connectivity index (χ1v) is 4.22. The zero-order valence-corrected chi connectivity index (χ0v) is 8.29. The van der Waals surface area contributed by atoms with Gasteiger partial charge in [0.15, 0.2) is 0 Å². The minimum absolute atomic E-state index is 0.751. The van der Waals surface area contributed by atoms with Crippen molar-refractivity contribution in [2.24, 2.45) is 0 Å². The summed E-state index contributed by atoms with van der Waals surface area (Å²) in [6, 6.07) is 5.67. The van der Waals surface area contributed by atoms with E-state index in [2.05, 4.69) is 0 Å². The SMILES string of the molecule is COc1cccc(N)c1C=C(C)C. The summed E-state index contributed by atoms with van der Waals surface area (Å²) >= 11 is 0. The van der Waals surface area contributed by atoms with Gasteiger partial charge in [-0.2, -0.15) is 0 Å². The van der Waals surface area contributed by atoms with E-state index in [4.69, 9.17) is 10.5 Å². The minimum atomic E-state index is 0.751. The molecule has 0 aliphatic carbocycles. The molecule has 0 aliphatic rings. The summed E-state index contributed by atoms with van der Waals surface area (Å²) in [6.07, 6.45) is 2.02. The number of methoxy groups -OCH3 is 1. The average Bonchev–Trinajstić information content (AvgIpc) is 2.08. The summed E-state index contributed by atoms with van der Waals surface area (Å²) in [5.41, 5.74) is 8.74. The number of anilines is 1. The van der Waals surface area contributed by atoms with Crippen LogP contribution in [0.4, 0.5) is 5.69 Å². The van der Waals surface area contributed by atoms with Crippen LogP contribution in [0.1, 0.15) is 19.4 Å². The van der Waals surface area contributed by atoms with Crippen LogP contribution >= 0.6 is 0 Å². The molecule has 2 nitrogen and oxygen atoms in total. The third-order valence-electron chi connectivity index (χ3n) is 1.75. The van der Waals surface area contributed by atoms with Gasteiger partial charge in [0, 0.05) is 11.3 Å². The molecule has 0 saturated heterocycles. The maximum Gasteiger partial charge on any atom is 0.128 e. The van der Waals surface area contributed by atoms with E-state index in [0.717, 1.165) is 17.0 Å². The van der Waals surface area contributed by atoms with Crippen molar-refractivity contribution in [3.05, 3.63) is 29.3 Å². The van der Waals surface area contributed by atoms with Crippen molar-refractivity contribution in [2.45, 2.75) is 13.8 Å². The van der Waals surface area contributed by atoms with Gasteiger partial charge in [0.25, 0.3) is 0 Å². The average molecular weight is 177 g/mol. The molecule has 0 radical (unpaired) electrons. The van der Waals surface area contributed by atoms with Crippen LogP contribution in [0.3, 0.4) is 0 Å². The highest BCUT2D eigenvalue weighted by Gasteiger charge is 2.02. The second kappa shape index (κ2) is 3.99. The third-order valence-corrected chi connectivity index (χ3v) is 1.75. The highest BCUT2D eigenvalue weighted by atomic mass is 16.5. The maximum absolute atomic E-state index is 5.82. The van der Waals surface area contributed by atoms with Gasteiger partial charge in [0.1, 0.15) is 5.75 Å². The summed E-state index contributed by atoms with van der Waals surface area (Å²) in [5.74, 6) is 0.821. The van der Waals surface area contributed by atoms with Crippen molar-refractivity contribution >= 4 is 11.8 Å². The molecule has 0 unspecified atom stereocenters. The molecule has 1 aromatic rings. The minimum Gasteiger partial charge on any atom is -0.496 e. The molecule has 0 aromatic heterocycles. The number of ether oxygens (including phenoxy) is 1. The molecule has 1 aromatic carbocycles. The predicted octanol–water partition coefficient (Wildman–Crippen LogP) is 2.70. The largest absolute Gasteiger partial charge is 0.496 e. The van der Waals surface area contributed by atoms with Crippen molar-refractivity contribution < 1.29 is 4.74 Å². The molecular weight excluding hydrogens is 162 g/mol. The molecule has 70 valence electrons. The molecule has 0 atom stereocenters. The Morgan fingerprint density at radius 1 is 1.38 bits per heavy atom. The van der Waals surface area contributed by atoms with Crippen LogP contribution in [0.2, 0.25) is 0 Å². The Morgan fingerprint density at radius 3 is 2.62 bits per heavy atom. The summed E-state index contributed by atoms with van der Waals surface area (Å²) in [7, 11) is 1.65.